The fourth-order valence-electron chi connectivity index (χ4n) is 1.93. The molecule has 1 aromatic carbocycles. The van der Waals surface area contributed by atoms with E-state index in [1.54, 1.807) is 0 Å². The van der Waals surface area contributed by atoms with Gasteiger partial charge in [0.2, 0.25) is 0 Å². The van der Waals surface area contributed by atoms with Gasteiger partial charge in [-0.3, -0.25) is 10.3 Å². The number of hydrogen-bond donors (Lipinski definition) is 1. The van der Waals surface area contributed by atoms with Gasteiger partial charge in [0, 0.05) is 0 Å². The van der Waals surface area contributed by atoms with Crippen molar-refractivity contribution in [1.29, 1.82) is 0 Å². The predicted octanol–water partition coefficient (Wildman–Crippen LogP) is 3.22. The van der Waals surface area contributed by atoms with Gasteiger partial charge in [-0.05, 0) is 30.9 Å². The zero-order valence-corrected chi connectivity index (χ0v) is 8.41. The number of hydrogen-bond acceptors (Lipinski definition) is 2. The quantitative estimate of drug-likeness (QED) is 0.738. The van der Waals surface area contributed by atoms with Gasteiger partial charge in [0.25, 0.3) is 0 Å². The molecule has 0 unspecified atom stereocenters. The molecule has 0 amide bonds. The van der Waals surface area contributed by atoms with Crippen molar-refractivity contribution in [2.75, 3.05) is 12.1 Å². The monoisotopic (exact) mass is 191 g/mol. The summed E-state index contributed by atoms with van der Waals surface area (Å²) in [7, 11) is 0. The van der Waals surface area contributed by atoms with E-state index < -0.39 is 0 Å². The Hall–Kier alpha value is -1.02. The molecule has 0 aromatic heterocycles. The Bertz CT molecular complexity index is 254. The molecule has 2 heteroatoms. The highest BCUT2D eigenvalue weighted by Crippen LogP contribution is 2.24. The van der Waals surface area contributed by atoms with Gasteiger partial charge in [-0.2, -0.15) is 0 Å². The molecular formula is C12H17NO. The van der Waals surface area contributed by atoms with E-state index in [0.29, 0.717) is 0 Å². The van der Waals surface area contributed by atoms with Crippen molar-refractivity contribution in [3.05, 3.63) is 30.3 Å². The summed E-state index contributed by atoms with van der Waals surface area (Å²) in [5, 5.41) is 0. The number of nitrogens with one attached hydrogen (secondary N) is 1. The summed E-state index contributed by atoms with van der Waals surface area (Å²) in [4.78, 5) is 5.45. The topological polar surface area (TPSA) is 21.3 Å². The van der Waals surface area contributed by atoms with E-state index in [1.165, 1.54) is 25.7 Å². The highest BCUT2D eigenvalue weighted by Gasteiger charge is 2.14. The van der Waals surface area contributed by atoms with Crippen LogP contribution in [-0.4, -0.2) is 6.61 Å². The first-order valence-corrected chi connectivity index (χ1v) is 5.38. The standard InChI is InChI=1S/C12H17NO/c1-2-8-12(9-3-1)13-14-10-11-6-4-5-7-11/h1-3,8-9,11,13H,4-7,10H2. The largest absolute Gasteiger partial charge is 0.276 e. The average Bonchev–Trinajstić information content (AvgIpc) is 2.72. The Morgan fingerprint density at radius 3 is 2.57 bits per heavy atom. The minimum absolute atomic E-state index is 0.770. The Morgan fingerprint density at radius 1 is 1.14 bits per heavy atom. The van der Waals surface area contributed by atoms with Crippen LogP contribution in [0, 0.1) is 5.92 Å². The molecule has 1 N–H and O–H groups in total. The molecule has 1 aliphatic carbocycles. The molecule has 0 radical (unpaired) electrons. The zero-order valence-electron chi connectivity index (χ0n) is 8.41. The van der Waals surface area contributed by atoms with Crippen LogP contribution in [0.1, 0.15) is 25.7 Å². The van der Waals surface area contributed by atoms with Crippen molar-refractivity contribution in [1.82, 2.24) is 0 Å². The van der Waals surface area contributed by atoms with E-state index in [2.05, 4.69) is 5.48 Å². The maximum atomic E-state index is 5.45. The summed E-state index contributed by atoms with van der Waals surface area (Å²) in [6, 6.07) is 10.0. The SMILES string of the molecule is c1ccc(NOCC2CCCC2)cc1. The third-order valence-corrected chi connectivity index (χ3v) is 2.76. The van der Waals surface area contributed by atoms with Gasteiger partial charge in [-0.15, -0.1) is 0 Å². The average molecular weight is 191 g/mol. The van der Waals surface area contributed by atoms with Gasteiger partial charge in [-0.25, -0.2) is 0 Å². The van der Waals surface area contributed by atoms with Gasteiger partial charge >= 0.3 is 0 Å². The fraction of sp³-hybridized carbons (Fsp3) is 0.500. The molecule has 0 heterocycles. The van der Waals surface area contributed by atoms with Crippen LogP contribution in [-0.2, 0) is 4.84 Å². The first-order chi connectivity index (χ1) is 6.95. The Labute approximate surface area is 85.2 Å². The van der Waals surface area contributed by atoms with Crippen LogP contribution >= 0.6 is 0 Å². The molecule has 14 heavy (non-hydrogen) atoms. The lowest BCUT2D eigenvalue weighted by Crippen LogP contribution is -2.09. The lowest BCUT2D eigenvalue weighted by Gasteiger charge is -2.10. The Balaban J connectivity index is 1.67. The third kappa shape index (κ3) is 2.74. The number of anilines is 1. The molecule has 0 spiro atoms. The molecule has 1 aliphatic rings. The van der Waals surface area contributed by atoms with Crippen LogP contribution in [0.5, 0.6) is 0 Å². The molecule has 0 aliphatic heterocycles. The normalized spacial score (nSPS) is 17.1. The fourth-order valence-corrected chi connectivity index (χ4v) is 1.93. The third-order valence-electron chi connectivity index (χ3n) is 2.76. The van der Waals surface area contributed by atoms with Gasteiger partial charge in [0.05, 0.1) is 12.3 Å². The van der Waals surface area contributed by atoms with Crippen LogP contribution in [0.2, 0.25) is 0 Å². The minimum Gasteiger partial charge on any atom is -0.276 e. The highest BCUT2D eigenvalue weighted by molar-refractivity contribution is 5.39. The summed E-state index contributed by atoms with van der Waals surface area (Å²) >= 11 is 0. The van der Waals surface area contributed by atoms with E-state index in [-0.39, 0.29) is 0 Å². The van der Waals surface area contributed by atoms with Crippen molar-refractivity contribution in [2.24, 2.45) is 5.92 Å². The second kappa shape index (κ2) is 5.01. The molecule has 0 atom stereocenters. The van der Waals surface area contributed by atoms with Gasteiger partial charge in [0.1, 0.15) is 0 Å². The van der Waals surface area contributed by atoms with Crippen molar-refractivity contribution in [2.45, 2.75) is 25.7 Å². The van der Waals surface area contributed by atoms with Crippen LogP contribution in [0.3, 0.4) is 0 Å². The van der Waals surface area contributed by atoms with E-state index >= 15 is 0 Å². The maximum absolute atomic E-state index is 5.45. The number of rotatable bonds is 4. The maximum Gasteiger partial charge on any atom is 0.0774 e. The Morgan fingerprint density at radius 2 is 1.86 bits per heavy atom. The Kier molecular flexibility index (Phi) is 3.41. The van der Waals surface area contributed by atoms with Crippen molar-refractivity contribution in [3.8, 4) is 0 Å². The summed E-state index contributed by atoms with van der Waals surface area (Å²) in [6.45, 7) is 0.842. The molecule has 76 valence electrons. The second-order valence-electron chi connectivity index (χ2n) is 3.93. The van der Waals surface area contributed by atoms with Crippen LogP contribution in [0.4, 0.5) is 5.69 Å². The summed E-state index contributed by atoms with van der Waals surface area (Å²) < 4.78 is 0. The zero-order chi connectivity index (χ0) is 9.64. The lowest BCUT2D eigenvalue weighted by molar-refractivity contribution is 0.151. The van der Waals surface area contributed by atoms with Gasteiger partial charge in [-0.1, -0.05) is 31.0 Å². The van der Waals surface area contributed by atoms with Crippen LogP contribution in [0.15, 0.2) is 30.3 Å². The van der Waals surface area contributed by atoms with E-state index in [9.17, 15) is 0 Å². The minimum atomic E-state index is 0.770. The first kappa shape index (κ1) is 9.53. The van der Waals surface area contributed by atoms with E-state index in [4.69, 9.17) is 4.84 Å². The summed E-state index contributed by atoms with van der Waals surface area (Å²) in [5.41, 5.74) is 4.00. The summed E-state index contributed by atoms with van der Waals surface area (Å²) in [6.07, 6.45) is 5.41. The molecule has 1 aromatic rings. The molecule has 2 nitrogen and oxygen atoms in total. The second-order valence-corrected chi connectivity index (χ2v) is 3.93. The predicted molar refractivity (Wildman–Crippen MR) is 58.0 cm³/mol. The number of para-hydroxylation sites is 1. The highest BCUT2D eigenvalue weighted by atomic mass is 16.6. The molecule has 1 saturated carbocycles. The molecule has 1 fully saturated rings. The van der Waals surface area contributed by atoms with Gasteiger partial charge < -0.3 is 0 Å². The summed E-state index contributed by atoms with van der Waals surface area (Å²) in [5.74, 6) is 0.770. The first-order valence-electron chi connectivity index (χ1n) is 5.38. The number of benzene rings is 1. The molecule has 2 rings (SSSR count). The van der Waals surface area contributed by atoms with Crippen molar-refractivity contribution in [3.63, 3.8) is 0 Å². The van der Waals surface area contributed by atoms with E-state index in [0.717, 1.165) is 18.2 Å². The van der Waals surface area contributed by atoms with Crippen molar-refractivity contribution >= 4 is 5.69 Å². The van der Waals surface area contributed by atoms with E-state index in [1.807, 2.05) is 30.3 Å². The van der Waals surface area contributed by atoms with Crippen molar-refractivity contribution < 1.29 is 4.84 Å². The lowest BCUT2D eigenvalue weighted by atomic mass is 10.1. The molecule has 0 bridgehead atoms. The van der Waals surface area contributed by atoms with Gasteiger partial charge in [0.15, 0.2) is 0 Å². The molecule has 0 saturated heterocycles. The van der Waals surface area contributed by atoms with Crippen LogP contribution in [0.25, 0.3) is 0 Å². The van der Waals surface area contributed by atoms with Crippen LogP contribution < -0.4 is 5.48 Å². The molecular weight excluding hydrogens is 174 g/mol. The smallest absolute Gasteiger partial charge is 0.0774 e.